The summed E-state index contributed by atoms with van der Waals surface area (Å²) in [5.41, 5.74) is 3.95. The minimum absolute atomic E-state index is 0.00836. The first-order chi connectivity index (χ1) is 11.0. The van der Waals surface area contributed by atoms with E-state index < -0.39 is 0 Å². The average Bonchev–Trinajstić information content (AvgIpc) is 3.16. The van der Waals surface area contributed by atoms with Gasteiger partial charge in [0.05, 0.1) is 23.4 Å². The summed E-state index contributed by atoms with van der Waals surface area (Å²) in [6.45, 7) is 4.60. The van der Waals surface area contributed by atoms with E-state index in [0.29, 0.717) is 27.7 Å². The quantitative estimate of drug-likeness (QED) is 0.915. The van der Waals surface area contributed by atoms with Crippen LogP contribution in [0.25, 0.3) is 0 Å². The number of ether oxygens (including phenoxy) is 1. The van der Waals surface area contributed by atoms with Gasteiger partial charge in [-0.3, -0.25) is 4.79 Å². The minimum Gasteiger partial charge on any atom is -0.378 e. The first-order valence-electron chi connectivity index (χ1n) is 7.27. The molecule has 0 radical (unpaired) electrons. The van der Waals surface area contributed by atoms with Crippen molar-refractivity contribution in [1.82, 2.24) is 4.98 Å². The maximum Gasteiger partial charge on any atom is 0.268 e. The summed E-state index contributed by atoms with van der Waals surface area (Å²) in [5.74, 6) is -0.228. The molecular weight excluding hydrogens is 330 g/mol. The molecule has 23 heavy (non-hydrogen) atoms. The van der Waals surface area contributed by atoms with Crippen LogP contribution >= 0.6 is 22.7 Å². The first-order valence-corrected chi connectivity index (χ1v) is 8.96. The predicted octanol–water partition coefficient (Wildman–Crippen LogP) is 3.70. The number of carbonyl (C=O) groups is 1. The third kappa shape index (κ3) is 2.78. The molecule has 0 saturated heterocycles. The molecule has 2 aromatic rings. The van der Waals surface area contributed by atoms with Gasteiger partial charge in [-0.2, -0.15) is 5.26 Å². The van der Waals surface area contributed by atoms with Gasteiger partial charge in [-0.1, -0.05) is 13.8 Å². The number of rotatable bonds is 4. The van der Waals surface area contributed by atoms with Gasteiger partial charge in [0.25, 0.3) is 5.91 Å². The maximum atomic E-state index is 12.5. The number of amides is 1. The van der Waals surface area contributed by atoms with E-state index in [0.717, 1.165) is 18.4 Å². The summed E-state index contributed by atoms with van der Waals surface area (Å²) >= 11 is 2.80. The molecule has 1 aliphatic carbocycles. The zero-order valence-electron chi connectivity index (χ0n) is 13.2. The molecule has 0 spiro atoms. The van der Waals surface area contributed by atoms with E-state index >= 15 is 0 Å². The highest BCUT2D eigenvalue weighted by Crippen LogP contribution is 2.47. The number of aryl methyl sites for hydroxylation is 1. The predicted molar refractivity (Wildman–Crippen MR) is 91.2 cm³/mol. The van der Waals surface area contributed by atoms with E-state index in [1.807, 2.05) is 0 Å². The Morgan fingerprint density at radius 3 is 3.04 bits per heavy atom. The number of nitrogens with one attached hydrogen (secondary N) is 1. The Morgan fingerprint density at radius 1 is 1.57 bits per heavy atom. The molecule has 5 nitrogen and oxygen atoms in total. The lowest BCUT2D eigenvalue weighted by Gasteiger charge is -2.18. The van der Waals surface area contributed by atoms with Crippen molar-refractivity contribution in [3.05, 3.63) is 32.1 Å². The summed E-state index contributed by atoms with van der Waals surface area (Å²) in [6.07, 6.45) is 2.01. The van der Waals surface area contributed by atoms with Gasteiger partial charge in [-0.05, 0) is 23.8 Å². The molecule has 0 aliphatic heterocycles. The molecule has 0 aromatic carbocycles. The average molecular weight is 347 g/mol. The molecule has 0 unspecified atom stereocenters. The van der Waals surface area contributed by atoms with Gasteiger partial charge in [0, 0.05) is 12.0 Å². The van der Waals surface area contributed by atoms with Crippen molar-refractivity contribution in [2.75, 3.05) is 12.4 Å². The van der Waals surface area contributed by atoms with Crippen molar-refractivity contribution in [1.29, 1.82) is 5.26 Å². The number of hydrogen-bond donors (Lipinski definition) is 1. The highest BCUT2D eigenvalue weighted by molar-refractivity contribution is 7.17. The second kappa shape index (κ2) is 6.04. The summed E-state index contributed by atoms with van der Waals surface area (Å²) in [7, 11) is 1.57. The SMILES string of the molecule is COCc1ncsc1C(=O)Nc1sc2c(c1C#N)C(C)(C)CC2. The van der Waals surface area contributed by atoms with Crippen LogP contribution in [0.3, 0.4) is 0 Å². The smallest absolute Gasteiger partial charge is 0.268 e. The number of carbonyl (C=O) groups excluding carboxylic acids is 1. The normalized spacial score (nSPS) is 15.2. The standard InChI is InChI=1S/C16H17N3O2S2/c1-16(2)5-4-11-12(16)9(6-17)15(23-11)19-14(20)13-10(7-21-3)18-8-22-13/h8H,4-5,7H2,1-3H3,(H,19,20). The van der Waals surface area contributed by atoms with E-state index in [1.54, 1.807) is 12.6 Å². The molecule has 3 rings (SSSR count). The van der Waals surface area contributed by atoms with Crippen LogP contribution in [0.15, 0.2) is 5.51 Å². The molecule has 0 saturated carbocycles. The van der Waals surface area contributed by atoms with Crippen LogP contribution < -0.4 is 5.32 Å². The van der Waals surface area contributed by atoms with Crippen molar-refractivity contribution in [2.24, 2.45) is 0 Å². The molecule has 7 heteroatoms. The molecule has 1 aliphatic rings. The van der Waals surface area contributed by atoms with E-state index in [9.17, 15) is 10.1 Å². The van der Waals surface area contributed by atoms with Crippen molar-refractivity contribution in [3.8, 4) is 6.07 Å². The lowest BCUT2D eigenvalue weighted by molar-refractivity contribution is 0.102. The highest BCUT2D eigenvalue weighted by Gasteiger charge is 2.36. The fraction of sp³-hybridized carbons (Fsp3) is 0.438. The Kier molecular flexibility index (Phi) is 4.23. The third-order valence-electron chi connectivity index (χ3n) is 4.10. The van der Waals surface area contributed by atoms with Crippen LogP contribution in [0.4, 0.5) is 5.00 Å². The lowest BCUT2D eigenvalue weighted by atomic mass is 9.85. The van der Waals surface area contributed by atoms with Crippen molar-refractivity contribution in [3.63, 3.8) is 0 Å². The second-order valence-electron chi connectivity index (χ2n) is 6.12. The van der Waals surface area contributed by atoms with Gasteiger partial charge in [-0.15, -0.1) is 22.7 Å². The van der Waals surface area contributed by atoms with Gasteiger partial charge in [0.2, 0.25) is 0 Å². The molecule has 1 amide bonds. The molecule has 1 N–H and O–H groups in total. The molecule has 120 valence electrons. The lowest BCUT2D eigenvalue weighted by Crippen LogP contribution is -2.15. The van der Waals surface area contributed by atoms with Gasteiger partial charge < -0.3 is 10.1 Å². The molecule has 0 fully saturated rings. The molecule has 0 atom stereocenters. The van der Waals surface area contributed by atoms with Crippen molar-refractivity contribution >= 4 is 33.6 Å². The van der Waals surface area contributed by atoms with E-state index in [-0.39, 0.29) is 11.3 Å². The number of methoxy groups -OCH3 is 1. The van der Waals surface area contributed by atoms with Crippen LogP contribution in [0.1, 0.15) is 51.6 Å². The van der Waals surface area contributed by atoms with Crippen LogP contribution in [0, 0.1) is 11.3 Å². The number of fused-ring (bicyclic) bond motifs is 1. The Balaban J connectivity index is 1.91. The summed E-state index contributed by atoms with van der Waals surface area (Å²) in [6, 6.07) is 2.28. The summed E-state index contributed by atoms with van der Waals surface area (Å²) in [4.78, 5) is 18.4. The fourth-order valence-corrected chi connectivity index (χ4v) is 4.98. The summed E-state index contributed by atoms with van der Waals surface area (Å²) < 4.78 is 5.06. The van der Waals surface area contributed by atoms with Crippen molar-refractivity contribution < 1.29 is 9.53 Å². The number of hydrogen-bond acceptors (Lipinski definition) is 6. The monoisotopic (exact) mass is 347 g/mol. The van der Waals surface area contributed by atoms with Crippen LogP contribution in [-0.2, 0) is 23.2 Å². The van der Waals surface area contributed by atoms with E-state index in [2.05, 4.69) is 30.2 Å². The number of nitriles is 1. The second-order valence-corrected chi connectivity index (χ2v) is 8.08. The van der Waals surface area contributed by atoms with E-state index in [1.165, 1.54) is 27.6 Å². The Hall–Kier alpha value is -1.75. The van der Waals surface area contributed by atoms with Gasteiger partial charge in [0.1, 0.15) is 15.9 Å². The van der Waals surface area contributed by atoms with Gasteiger partial charge >= 0.3 is 0 Å². The zero-order chi connectivity index (χ0) is 16.6. The number of thiophene rings is 1. The summed E-state index contributed by atoms with van der Waals surface area (Å²) in [5, 5.41) is 13.1. The zero-order valence-corrected chi connectivity index (χ0v) is 14.9. The minimum atomic E-state index is -0.228. The third-order valence-corrected chi connectivity index (χ3v) is 6.13. The molecule has 0 bridgehead atoms. The Labute approximate surface area is 142 Å². The Morgan fingerprint density at radius 2 is 2.35 bits per heavy atom. The number of aromatic nitrogens is 1. The van der Waals surface area contributed by atoms with E-state index in [4.69, 9.17) is 4.74 Å². The largest absolute Gasteiger partial charge is 0.378 e. The van der Waals surface area contributed by atoms with Crippen LogP contribution in [0.2, 0.25) is 0 Å². The fourth-order valence-electron chi connectivity index (χ4n) is 2.97. The number of anilines is 1. The van der Waals surface area contributed by atoms with Crippen LogP contribution in [0.5, 0.6) is 0 Å². The molecular formula is C16H17N3O2S2. The first kappa shape index (κ1) is 16.1. The van der Waals surface area contributed by atoms with Gasteiger partial charge in [-0.25, -0.2) is 4.98 Å². The molecule has 2 aromatic heterocycles. The van der Waals surface area contributed by atoms with Gasteiger partial charge in [0.15, 0.2) is 0 Å². The van der Waals surface area contributed by atoms with Crippen LogP contribution in [-0.4, -0.2) is 18.0 Å². The highest BCUT2D eigenvalue weighted by atomic mass is 32.1. The number of nitrogens with zero attached hydrogens (tertiary/aromatic N) is 2. The molecule has 2 heterocycles. The number of thiazole rings is 1. The Bertz CT molecular complexity index is 799. The topological polar surface area (TPSA) is 75.0 Å². The maximum absolute atomic E-state index is 12.5. The van der Waals surface area contributed by atoms with Crippen molar-refractivity contribution in [2.45, 2.75) is 38.7 Å².